The van der Waals surface area contributed by atoms with Gasteiger partial charge in [-0.15, -0.1) is 0 Å². The number of benzene rings is 1. The van der Waals surface area contributed by atoms with Crippen molar-refractivity contribution in [2.75, 3.05) is 13.2 Å². The molecule has 1 aromatic carbocycles. The minimum Gasteiger partial charge on any atom is -0.463 e. The molecule has 0 spiro atoms. The summed E-state index contributed by atoms with van der Waals surface area (Å²) in [5, 5.41) is 0. The Morgan fingerprint density at radius 2 is 1.37 bits per heavy atom. The van der Waals surface area contributed by atoms with E-state index >= 15 is 0 Å². The van der Waals surface area contributed by atoms with Crippen LogP contribution in [0.15, 0.2) is 29.3 Å². The second-order valence-electron chi connectivity index (χ2n) is 12.9. The van der Waals surface area contributed by atoms with E-state index in [1.54, 1.807) is 27.7 Å². The van der Waals surface area contributed by atoms with Crippen molar-refractivity contribution in [2.45, 2.75) is 128 Å². The molecule has 4 heterocycles. The fraction of sp³-hybridized carbons (Fsp3) is 0.688. The number of esters is 3. The molecule has 10 atom stereocenters. The van der Waals surface area contributed by atoms with Crippen LogP contribution in [0.2, 0.25) is 0 Å². The first-order valence-electron chi connectivity index (χ1n) is 15.6. The number of hydrogen-bond acceptors (Lipinski definition) is 14. The average molecular weight is 704 g/mol. The molecule has 49 heavy (non-hydrogen) atoms. The van der Waals surface area contributed by atoms with Crippen molar-refractivity contribution in [1.82, 2.24) is 0 Å². The third-order valence-corrected chi connectivity index (χ3v) is 7.98. The summed E-state index contributed by atoms with van der Waals surface area (Å²) in [5.74, 6) is -4.16. The zero-order valence-corrected chi connectivity index (χ0v) is 28.0. The van der Waals surface area contributed by atoms with Crippen LogP contribution in [0.25, 0.3) is 0 Å². The zero-order chi connectivity index (χ0) is 35.9. The number of ether oxygens (including phenoxy) is 10. The molecule has 272 valence electrons. The van der Waals surface area contributed by atoms with Gasteiger partial charge in [-0.1, -0.05) is 12.1 Å². The first kappa shape index (κ1) is 37.1. The van der Waals surface area contributed by atoms with Gasteiger partial charge < -0.3 is 47.4 Å². The Balaban J connectivity index is 1.46. The highest BCUT2D eigenvalue weighted by atomic mass is 19.4. The Morgan fingerprint density at radius 1 is 0.776 bits per heavy atom. The lowest BCUT2D eigenvalue weighted by molar-refractivity contribution is -0.293. The standard InChI is InChI=1S/C32H40F3NO13/c1-15(37)40-13-20-23(42-16(2)38)25(43-17(3)39)22(36-12-18-8-10-19(11-9-18)32(33,34)35)28(44-20)41-14-21-24-26(47-30(4,5)46-24)27-29(45-21)49-31(6,7)48-27/h8-12,20-29H,13-14H2,1-7H3/t20-,21-,22-,23-,24+,25-,26+,27-,28+,29-/m1/s1. The van der Waals surface area contributed by atoms with Gasteiger partial charge in [-0.3, -0.25) is 19.4 Å². The minimum absolute atomic E-state index is 0.212. The number of hydrogen-bond donors (Lipinski definition) is 0. The van der Waals surface area contributed by atoms with Gasteiger partial charge in [-0.2, -0.15) is 13.2 Å². The molecular weight excluding hydrogens is 663 g/mol. The van der Waals surface area contributed by atoms with Crippen LogP contribution in [0.4, 0.5) is 13.2 Å². The number of aliphatic imine (C=N–C) groups is 1. The van der Waals surface area contributed by atoms with Crippen LogP contribution in [0.1, 0.15) is 59.6 Å². The molecule has 0 aliphatic carbocycles. The smallest absolute Gasteiger partial charge is 0.416 e. The maximum absolute atomic E-state index is 13.2. The Bertz CT molecular complexity index is 1400. The third-order valence-electron chi connectivity index (χ3n) is 7.98. The highest BCUT2D eigenvalue weighted by Crippen LogP contribution is 2.44. The van der Waals surface area contributed by atoms with Crippen molar-refractivity contribution in [3.05, 3.63) is 35.4 Å². The van der Waals surface area contributed by atoms with Gasteiger partial charge >= 0.3 is 24.1 Å². The second-order valence-corrected chi connectivity index (χ2v) is 12.9. The van der Waals surface area contributed by atoms with E-state index in [0.29, 0.717) is 0 Å². The number of nitrogens with zero attached hydrogens (tertiary/aromatic N) is 1. The molecule has 4 aliphatic heterocycles. The van der Waals surface area contributed by atoms with Crippen LogP contribution in [0, 0.1) is 0 Å². The zero-order valence-electron chi connectivity index (χ0n) is 28.0. The van der Waals surface area contributed by atoms with Crippen LogP contribution < -0.4 is 0 Å². The topological polar surface area (TPSA) is 156 Å². The van der Waals surface area contributed by atoms with E-state index < -0.39 is 109 Å². The molecule has 0 amide bonds. The summed E-state index contributed by atoms with van der Waals surface area (Å²) in [6.07, 6.45) is -12.1. The van der Waals surface area contributed by atoms with Crippen molar-refractivity contribution < 1.29 is 74.9 Å². The monoisotopic (exact) mass is 703 g/mol. The lowest BCUT2D eigenvalue weighted by Crippen LogP contribution is -2.62. The Labute approximate surface area is 280 Å². The molecule has 1 aromatic rings. The SMILES string of the molecule is CC(=O)OC[C@H]1O[C@H](OC[C@H]2O[C@@H]3OC(C)(C)O[C@@H]3[C@H]3OC(C)(C)O[C@H]32)[C@H](N=Cc2ccc(C(F)(F)F)cc2)[C@@H](OC(C)=O)[C@@H]1OC(C)=O. The molecule has 14 nitrogen and oxygen atoms in total. The van der Waals surface area contributed by atoms with E-state index in [2.05, 4.69) is 4.99 Å². The molecule has 4 saturated heterocycles. The van der Waals surface area contributed by atoms with Gasteiger partial charge in [0.15, 0.2) is 36.4 Å². The number of fused-ring (bicyclic) bond motifs is 3. The van der Waals surface area contributed by atoms with Gasteiger partial charge in [0.25, 0.3) is 0 Å². The van der Waals surface area contributed by atoms with Gasteiger partial charge in [-0.25, -0.2) is 0 Å². The molecule has 4 fully saturated rings. The first-order valence-corrected chi connectivity index (χ1v) is 15.6. The molecule has 0 saturated carbocycles. The summed E-state index contributed by atoms with van der Waals surface area (Å²) in [6, 6.07) is 2.93. The van der Waals surface area contributed by atoms with Crippen LogP contribution in [-0.2, 0) is 67.9 Å². The summed E-state index contributed by atoms with van der Waals surface area (Å²) in [6.45, 7) is 9.76. The van der Waals surface area contributed by atoms with E-state index in [9.17, 15) is 27.6 Å². The molecule has 0 N–H and O–H groups in total. The van der Waals surface area contributed by atoms with Crippen molar-refractivity contribution in [2.24, 2.45) is 4.99 Å². The summed E-state index contributed by atoms with van der Waals surface area (Å²) >= 11 is 0. The quantitative estimate of drug-likeness (QED) is 0.210. The molecule has 0 bridgehead atoms. The van der Waals surface area contributed by atoms with Crippen LogP contribution >= 0.6 is 0 Å². The number of rotatable bonds is 9. The maximum Gasteiger partial charge on any atom is 0.416 e. The summed E-state index contributed by atoms with van der Waals surface area (Å²) in [4.78, 5) is 40.8. The van der Waals surface area contributed by atoms with Crippen molar-refractivity contribution in [3.63, 3.8) is 0 Å². The fourth-order valence-corrected chi connectivity index (χ4v) is 6.13. The molecule has 5 rings (SSSR count). The van der Waals surface area contributed by atoms with Crippen LogP contribution in [-0.4, -0.2) is 110 Å². The van der Waals surface area contributed by atoms with Crippen LogP contribution in [0.5, 0.6) is 0 Å². The van der Waals surface area contributed by atoms with E-state index in [-0.39, 0.29) is 12.2 Å². The molecule has 17 heteroatoms. The molecular formula is C32H40F3NO13. The van der Waals surface area contributed by atoms with E-state index in [0.717, 1.165) is 26.0 Å². The van der Waals surface area contributed by atoms with Crippen molar-refractivity contribution in [1.29, 1.82) is 0 Å². The highest BCUT2D eigenvalue weighted by Gasteiger charge is 2.61. The molecule has 0 aromatic heterocycles. The third kappa shape index (κ3) is 8.95. The maximum atomic E-state index is 13.2. The van der Waals surface area contributed by atoms with Crippen molar-refractivity contribution in [3.8, 4) is 0 Å². The Hall–Kier alpha value is -3.19. The number of carbonyl (C=O) groups is 3. The predicted molar refractivity (Wildman–Crippen MR) is 158 cm³/mol. The number of carbonyl (C=O) groups excluding carboxylic acids is 3. The number of halogens is 3. The minimum atomic E-state index is -4.55. The predicted octanol–water partition coefficient (Wildman–Crippen LogP) is 3.06. The van der Waals surface area contributed by atoms with E-state index in [1.165, 1.54) is 25.3 Å². The van der Waals surface area contributed by atoms with E-state index in [1.807, 2.05) is 0 Å². The summed E-state index contributed by atoms with van der Waals surface area (Å²) < 4.78 is 98.7. The lowest BCUT2D eigenvalue weighted by Gasteiger charge is -2.44. The summed E-state index contributed by atoms with van der Waals surface area (Å²) in [5.41, 5.74) is -0.592. The van der Waals surface area contributed by atoms with Crippen molar-refractivity contribution >= 4 is 24.1 Å². The van der Waals surface area contributed by atoms with Gasteiger partial charge in [0.2, 0.25) is 0 Å². The normalized spacial score (nSPS) is 35.0. The molecule has 4 aliphatic rings. The van der Waals surface area contributed by atoms with E-state index in [4.69, 9.17) is 47.4 Å². The first-order chi connectivity index (χ1) is 22.8. The number of alkyl halides is 3. The summed E-state index contributed by atoms with van der Waals surface area (Å²) in [7, 11) is 0. The Kier molecular flexibility index (Phi) is 10.7. The van der Waals surface area contributed by atoms with Gasteiger partial charge in [0, 0.05) is 27.0 Å². The van der Waals surface area contributed by atoms with Gasteiger partial charge in [0.05, 0.1) is 12.2 Å². The fourth-order valence-electron chi connectivity index (χ4n) is 6.13. The largest absolute Gasteiger partial charge is 0.463 e. The average Bonchev–Trinajstić information content (AvgIpc) is 3.48. The molecule has 0 radical (unpaired) electrons. The van der Waals surface area contributed by atoms with Gasteiger partial charge in [0.1, 0.15) is 43.2 Å². The highest BCUT2D eigenvalue weighted by molar-refractivity contribution is 5.80. The van der Waals surface area contributed by atoms with Crippen LogP contribution in [0.3, 0.4) is 0 Å². The molecule has 0 unspecified atom stereocenters. The lowest BCUT2D eigenvalue weighted by atomic mass is 9.96. The van der Waals surface area contributed by atoms with Gasteiger partial charge in [-0.05, 0) is 45.4 Å². The Morgan fingerprint density at radius 3 is 1.98 bits per heavy atom. The second kappa shape index (κ2) is 14.2.